The predicted octanol–water partition coefficient (Wildman–Crippen LogP) is 8.55. The summed E-state index contributed by atoms with van der Waals surface area (Å²) in [4.78, 5) is 0. The molecule has 0 heterocycles. The van der Waals surface area contributed by atoms with Crippen LogP contribution in [0.25, 0.3) is 10.8 Å². The summed E-state index contributed by atoms with van der Waals surface area (Å²) in [6, 6.07) is 20.2. The fourth-order valence-electron chi connectivity index (χ4n) is 3.66. The number of benzene rings is 3. The van der Waals surface area contributed by atoms with Gasteiger partial charge in [-0.25, -0.2) is 0 Å². The molecule has 0 aliphatic rings. The Kier molecular flexibility index (Phi) is 9.56. The molecule has 31 heavy (non-hydrogen) atoms. The fourth-order valence-corrected chi connectivity index (χ4v) is 3.66. The van der Waals surface area contributed by atoms with Crippen LogP contribution in [-0.2, 0) is 0 Å². The van der Waals surface area contributed by atoms with Crippen LogP contribution in [0.15, 0.2) is 60.7 Å². The number of unbranched alkanes of at least 4 members (excludes halogenated alkanes) is 6. The zero-order chi connectivity index (χ0) is 21.7. The topological polar surface area (TPSA) is 27.7 Å². The minimum atomic E-state index is 0.687. The van der Waals surface area contributed by atoms with Gasteiger partial charge in [-0.2, -0.15) is 0 Å². The quantitative estimate of drug-likeness (QED) is 0.244. The van der Waals surface area contributed by atoms with Gasteiger partial charge in [0.2, 0.25) is 0 Å². The number of hydrogen-bond donors (Lipinski definition) is 0. The number of rotatable bonds is 14. The first-order chi connectivity index (χ1) is 15.3. The molecule has 0 saturated heterocycles. The highest BCUT2D eigenvalue weighted by Gasteiger charge is 2.16. The molecule has 3 rings (SSSR count). The molecule has 3 aromatic carbocycles. The van der Waals surface area contributed by atoms with Crippen molar-refractivity contribution in [3.63, 3.8) is 0 Å². The van der Waals surface area contributed by atoms with Crippen molar-refractivity contribution in [1.82, 2.24) is 0 Å². The molecule has 3 heteroatoms. The van der Waals surface area contributed by atoms with Gasteiger partial charge in [0.05, 0.1) is 13.2 Å². The molecular formula is C28H36O3. The van der Waals surface area contributed by atoms with Gasteiger partial charge in [-0.1, -0.05) is 94.8 Å². The first-order valence-electron chi connectivity index (χ1n) is 11.9. The number of fused-ring (bicyclic) bond motifs is 1. The predicted molar refractivity (Wildman–Crippen MR) is 130 cm³/mol. The third-order valence-electron chi connectivity index (χ3n) is 5.39. The SMILES string of the molecule is CCCCCCOc1cc(Oc2ccccc2)c(OCCCCCC)c2ccccc12. The van der Waals surface area contributed by atoms with Gasteiger partial charge >= 0.3 is 0 Å². The summed E-state index contributed by atoms with van der Waals surface area (Å²) in [6.45, 7) is 5.85. The molecule has 0 bridgehead atoms. The standard InChI is InChI=1S/C28H36O3/c1-3-5-7-14-20-29-26-22-27(31-23-16-10-9-11-17-23)28(30-21-15-8-6-4-2)25-19-13-12-18-24(25)26/h9-13,16-19,22H,3-8,14-15,20-21H2,1-2H3. The Morgan fingerprint density at radius 2 is 1.19 bits per heavy atom. The van der Waals surface area contributed by atoms with Crippen molar-refractivity contribution in [3.05, 3.63) is 60.7 Å². The first kappa shape index (κ1) is 23.0. The van der Waals surface area contributed by atoms with Crippen LogP contribution in [-0.4, -0.2) is 13.2 Å². The lowest BCUT2D eigenvalue weighted by Crippen LogP contribution is -2.03. The van der Waals surface area contributed by atoms with Gasteiger partial charge in [0, 0.05) is 16.8 Å². The van der Waals surface area contributed by atoms with E-state index < -0.39 is 0 Å². The van der Waals surface area contributed by atoms with Crippen LogP contribution >= 0.6 is 0 Å². The Morgan fingerprint density at radius 3 is 1.87 bits per heavy atom. The minimum Gasteiger partial charge on any atom is -0.493 e. The van der Waals surface area contributed by atoms with Crippen LogP contribution < -0.4 is 14.2 Å². The van der Waals surface area contributed by atoms with E-state index in [9.17, 15) is 0 Å². The third-order valence-corrected chi connectivity index (χ3v) is 5.39. The molecule has 0 aliphatic heterocycles. The Bertz CT molecular complexity index is 905. The second-order valence-electron chi connectivity index (χ2n) is 7.98. The molecule has 0 atom stereocenters. The van der Waals surface area contributed by atoms with Crippen LogP contribution in [0.1, 0.15) is 65.2 Å². The maximum Gasteiger partial charge on any atom is 0.173 e. The van der Waals surface area contributed by atoms with Crippen LogP contribution in [0.3, 0.4) is 0 Å². The van der Waals surface area contributed by atoms with E-state index in [1.807, 2.05) is 42.5 Å². The summed E-state index contributed by atoms with van der Waals surface area (Å²) >= 11 is 0. The largest absolute Gasteiger partial charge is 0.493 e. The van der Waals surface area contributed by atoms with E-state index in [0.29, 0.717) is 19.0 Å². The molecule has 0 spiro atoms. The molecule has 0 fully saturated rings. The highest BCUT2D eigenvalue weighted by Crippen LogP contribution is 2.43. The van der Waals surface area contributed by atoms with Gasteiger partial charge in [0.1, 0.15) is 11.5 Å². The first-order valence-corrected chi connectivity index (χ1v) is 11.9. The average Bonchev–Trinajstić information content (AvgIpc) is 2.81. The molecule has 0 saturated carbocycles. The van der Waals surface area contributed by atoms with Gasteiger partial charge in [0.25, 0.3) is 0 Å². The summed E-state index contributed by atoms with van der Waals surface area (Å²) in [6.07, 6.45) is 9.41. The third kappa shape index (κ3) is 6.92. The summed E-state index contributed by atoms with van der Waals surface area (Å²) in [5, 5.41) is 2.11. The van der Waals surface area contributed by atoms with Crippen molar-refractivity contribution >= 4 is 10.8 Å². The van der Waals surface area contributed by atoms with Crippen LogP contribution in [0.5, 0.6) is 23.0 Å². The van der Waals surface area contributed by atoms with E-state index in [2.05, 4.69) is 32.0 Å². The maximum absolute atomic E-state index is 6.30. The van der Waals surface area contributed by atoms with Gasteiger partial charge in [-0.15, -0.1) is 0 Å². The molecule has 3 aromatic rings. The molecule has 0 aromatic heterocycles. The van der Waals surface area contributed by atoms with Gasteiger partial charge in [0.15, 0.2) is 11.5 Å². The second-order valence-corrected chi connectivity index (χ2v) is 7.98. The molecule has 0 unspecified atom stereocenters. The zero-order valence-corrected chi connectivity index (χ0v) is 19.1. The zero-order valence-electron chi connectivity index (χ0n) is 19.1. The van der Waals surface area contributed by atoms with E-state index >= 15 is 0 Å². The lowest BCUT2D eigenvalue weighted by molar-refractivity contribution is 0.290. The van der Waals surface area contributed by atoms with Crippen molar-refractivity contribution < 1.29 is 14.2 Å². The van der Waals surface area contributed by atoms with Crippen LogP contribution in [0, 0.1) is 0 Å². The second kappa shape index (κ2) is 12.9. The van der Waals surface area contributed by atoms with Crippen molar-refractivity contribution in [1.29, 1.82) is 0 Å². The lowest BCUT2D eigenvalue weighted by atomic mass is 10.1. The van der Waals surface area contributed by atoms with E-state index in [0.717, 1.165) is 40.9 Å². The number of para-hydroxylation sites is 1. The highest BCUT2D eigenvalue weighted by molar-refractivity contribution is 5.95. The van der Waals surface area contributed by atoms with Gasteiger partial charge < -0.3 is 14.2 Å². The molecule has 0 radical (unpaired) electrons. The Labute approximate surface area is 187 Å². The molecule has 0 amide bonds. The fraction of sp³-hybridized carbons (Fsp3) is 0.429. The summed E-state index contributed by atoms with van der Waals surface area (Å²) < 4.78 is 18.8. The molecule has 3 nitrogen and oxygen atoms in total. The molecule has 166 valence electrons. The van der Waals surface area contributed by atoms with Gasteiger partial charge in [-0.05, 0) is 25.0 Å². The van der Waals surface area contributed by atoms with Crippen molar-refractivity contribution in [2.24, 2.45) is 0 Å². The van der Waals surface area contributed by atoms with Crippen molar-refractivity contribution in [3.8, 4) is 23.0 Å². The highest BCUT2D eigenvalue weighted by atomic mass is 16.5. The van der Waals surface area contributed by atoms with Crippen LogP contribution in [0.4, 0.5) is 0 Å². The van der Waals surface area contributed by atoms with E-state index in [4.69, 9.17) is 14.2 Å². The van der Waals surface area contributed by atoms with Crippen molar-refractivity contribution in [2.75, 3.05) is 13.2 Å². The summed E-state index contributed by atoms with van der Waals surface area (Å²) in [5.41, 5.74) is 0. The molecule has 0 aliphatic carbocycles. The summed E-state index contributed by atoms with van der Waals surface area (Å²) in [5.74, 6) is 3.16. The van der Waals surface area contributed by atoms with E-state index in [1.165, 1.54) is 38.5 Å². The Balaban J connectivity index is 1.88. The minimum absolute atomic E-state index is 0.687. The molecular weight excluding hydrogens is 384 g/mol. The van der Waals surface area contributed by atoms with E-state index in [1.54, 1.807) is 0 Å². The van der Waals surface area contributed by atoms with E-state index in [-0.39, 0.29) is 0 Å². The Hall–Kier alpha value is -2.68. The average molecular weight is 421 g/mol. The monoisotopic (exact) mass is 420 g/mol. The normalized spacial score (nSPS) is 10.9. The van der Waals surface area contributed by atoms with Gasteiger partial charge in [-0.3, -0.25) is 0 Å². The lowest BCUT2D eigenvalue weighted by Gasteiger charge is -2.18. The summed E-state index contributed by atoms with van der Waals surface area (Å²) in [7, 11) is 0. The number of hydrogen-bond acceptors (Lipinski definition) is 3. The number of ether oxygens (including phenoxy) is 3. The smallest absolute Gasteiger partial charge is 0.173 e. The maximum atomic E-state index is 6.30. The molecule has 0 N–H and O–H groups in total. The van der Waals surface area contributed by atoms with Crippen LogP contribution in [0.2, 0.25) is 0 Å². The Morgan fingerprint density at radius 1 is 0.581 bits per heavy atom. The van der Waals surface area contributed by atoms with Crippen molar-refractivity contribution in [2.45, 2.75) is 65.2 Å².